The van der Waals surface area contributed by atoms with Crippen LogP contribution in [0, 0.1) is 11.8 Å². The third-order valence-electron chi connectivity index (χ3n) is 3.61. The summed E-state index contributed by atoms with van der Waals surface area (Å²) in [6, 6.07) is 0.606. The molecule has 3 atom stereocenters. The predicted molar refractivity (Wildman–Crippen MR) is 70.4 cm³/mol. The van der Waals surface area contributed by atoms with E-state index in [1.807, 2.05) is 0 Å². The Labute approximate surface area is 99.0 Å². The second-order valence-electron chi connectivity index (χ2n) is 4.88. The molecule has 0 aromatic rings. The summed E-state index contributed by atoms with van der Waals surface area (Å²) < 4.78 is 0. The zero-order valence-electron chi connectivity index (χ0n) is 10.4. The van der Waals surface area contributed by atoms with Crippen molar-refractivity contribution in [3.05, 3.63) is 0 Å². The highest BCUT2D eigenvalue weighted by molar-refractivity contribution is 7.99. The maximum Gasteiger partial charge on any atom is 0.0251 e. The summed E-state index contributed by atoms with van der Waals surface area (Å²) in [7, 11) is 2.24. The summed E-state index contributed by atoms with van der Waals surface area (Å²) in [6.45, 7) is 6.60. The lowest BCUT2D eigenvalue weighted by molar-refractivity contribution is 0.168. The van der Waals surface area contributed by atoms with Gasteiger partial charge in [-0.25, -0.2) is 0 Å². The molecule has 1 fully saturated rings. The van der Waals surface area contributed by atoms with Crippen LogP contribution in [0.25, 0.3) is 0 Å². The molecule has 2 nitrogen and oxygen atoms in total. The van der Waals surface area contributed by atoms with Crippen LogP contribution in [0.3, 0.4) is 0 Å². The number of likely N-dealkylation sites (N-methyl/N-ethyl adjacent to an activating group) is 1. The first kappa shape index (κ1) is 13.3. The summed E-state index contributed by atoms with van der Waals surface area (Å²) in [5.74, 6) is 4.26. The van der Waals surface area contributed by atoms with Gasteiger partial charge in [-0.2, -0.15) is 11.8 Å². The van der Waals surface area contributed by atoms with Crippen molar-refractivity contribution in [1.82, 2.24) is 4.90 Å². The molecule has 15 heavy (non-hydrogen) atoms. The average molecular weight is 230 g/mol. The Balaban J connectivity index is 2.41. The first-order valence-corrected chi connectivity index (χ1v) is 7.32. The summed E-state index contributed by atoms with van der Waals surface area (Å²) >= 11 is 2.09. The molecule has 1 saturated heterocycles. The molecule has 0 aromatic carbocycles. The molecule has 3 unspecified atom stereocenters. The second kappa shape index (κ2) is 6.77. The Bertz CT molecular complexity index is 169. The van der Waals surface area contributed by atoms with Gasteiger partial charge in [0.15, 0.2) is 0 Å². The van der Waals surface area contributed by atoms with Crippen molar-refractivity contribution in [2.24, 2.45) is 17.6 Å². The highest BCUT2D eigenvalue weighted by Crippen LogP contribution is 2.28. The van der Waals surface area contributed by atoms with E-state index in [0.29, 0.717) is 6.04 Å². The van der Waals surface area contributed by atoms with Crippen molar-refractivity contribution >= 4 is 11.8 Å². The summed E-state index contributed by atoms with van der Waals surface area (Å²) in [5.41, 5.74) is 5.92. The topological polar surface area (TPSA) is 29.3 Å². The Morgan fingerprint density at radius 1 is 1.53 bits per heavy atom. The molecular weight excluding hydrogens is 204 g/mol. The number of hydrogen-bond donors (Lipinski definition) is 1. The van der Waals surface area contributed by atoms with E-state index in [0.717, 1.165) is 18.4 Å². The van der Waals surface area contributed by atoms with Gasteiger partial charge in [-0.1, -0.05) is 20.3 Å². The van der Waals surface area contributed by atoms with Gasteiger partial charge in [0.25, 0.3) is 0 Å². The lowest BCUT2D eigenvalue weighted by Crippen LogP contribution is -2.45. The molecule has 3 heteroatoms. The largest absolute Gasteiger partial charge is 0.329 e. The Kier molecular flexibility index (Phi) is 6.02. The lowest BCUT2D eigenvalue weighted by atomic mass is 9.97. The number of rotatable bonds is 6. The van der Waals surface area contributed by atoms with Crippen LogP contribution in [-0.4, -0.2) is 42.6 Å². The van der Waals surface area contributed by atoms with Crippen molar-refractivity contribution in [3.63, 3.8) is 0 Å². The predicted octanol–water partition coefficient (Wildman–Crippen LogP) is 2.04. The van der Waals surface area contributed by atoms with Gasteiger partial charge in [0.2, 0.25) is 0 Å². The van der Waals surface area contributed by atoms with Gasteiger partial charge in [-0.3, -0.25) is 0 Å². The van der Waals surface area contributed by atoms with Crippen molar-refractivity contribution in [2.45, 2.75) is 32.7 Å². The molecule has 1 aliphatic rings. The van der Waals surface area contributed by atoms with Crippen LogP contribution in [0.1, 0.15) is 26.7 Å². The first-order valence-electron chi connectivity index (χ1n) is 6.17. The molecule has 90 valence electrons. The molecule has 1 aliphatic heterocycles. The highest BCUT2D eigenvalue weighted by atomic mass is 32.2. The molecule has 0 aromatic heterocycles. The van der Waals surface area contributed by atoms with Gasteiger partial charge >= 0.3 is 0 Å². The Morgan fingerprint density at radius 3 is 2.73 bits per heavy atom. The number of nitrogens with two attached hydrogens (primary N) is 1. The monoisotopic (exact) mass is 230 g/mol. The van der Waals surface area contributed by atoms with E-state index in [4.69, 9.17) is 5.73 Å². The summed E-state index contributed by atoms with van der Waals surface area (Å²) in [6.07, 6.45) is 2.62. The molecule has 0 aliphatic carbocycles. The van der Waals surface area contributed by atoms with E-state index in [1.165, 1.54) is 30.9 Å². The molecule has 0 radical (unpaired) electrons. The second-order valence-corrected chi connectivity index (χ2v) is 6.03. The van der Waals surface area contributed by atoms with E-state index in [9.17, 15) is 0 Å². The lowest BCUT2D eigenvalue weighted by Gasteiger charge is -2.33. The number of hydrogen-bond acceptors (Lipinski definition) is 3. The van der Waals surface area contributed by atoms with E-state index >= 15 is 0 Å². The molecule has 0 amide bonds. The van der Waals surface area contributed by atoms with Crippen LogP contribution >= 0.6 is 11.8 Å². The quantitative estimate of drug-likeness (QED) is 0.757. The molecule has 0 saturated carbocycles. The fourth-order valence-electron chi connectivity index (χ4n) is 2.34. The van der Waals surface area contributed by atoms with Gasteiger partial charge in [0.05, 0.1) is 0 Å². The van der Waals surface area contributed by atoms with Crippen LogP contribution in [0.5, 0.6) is 0 Å². The Morgan fingerprint density at radius 2 is 2.27 bits per heavy atom. The maximum absolute atomic E-state index is 5.92. The minimum absolute atomic E-state index is 0.606. The zero-order valence-corrected chi connectivity index (χ0v) is 11.2. The van der Waals surface area contributed by atoms with E-state index in [2.05, 4.69) is 37.6 Å². The summed E-state index contributed by atoms with van der Waals surface area (Å²) in [5, 5.41) is 0. The Hall–Kier alpha value is 0.270. The van der Waals surface area contributed by atoms with E-state index < -0.39 is 0 Å². The number of thioether (sulfide) groups is 1. The van der Waals surface area contributed by atoms with Crippen molar-refractivity contribution < 1.29 is 0 Å². The van der Waals surface area contributed by atoms with Crippen LogP contribution < -0.4 is 5.73 Å². The zero-order chi connectivity index (χ0) is 11.3. The molecule has 0 bridgehead atoms. The smallest absolute Gasteiger partial charge is 0.0251 e. The molecule has 2 N–H and O–H groups in total. The van der Waals surface area contributed by atoms with Crippen LogP contribution in [0.2, 0.25) is 0 Å². The van der Waals surface area contributed by atoms with Gasteiger partial charge < -0.3 is 10.6 Å². The van der Waals surface area contributed by atoms with Crippen molar-refractivity contribution in [1.29, 1.82) is 0 Å². The van der Waals surface area contributed by atoms with Crippen molar-refractivity contribution in [3.8, 4) is 0 Å². The molecule has 1 heterocycles. The summed E-state index contributed by atoms with van der Waals surface area (Å²) in [4.78, 5) is 2.49. The average Bonchev–Trinajstić information content (AvgIpc) is 2.72. The fourth-order valence-corrected chi connectivity index (χ4v) is 3.67. The van der Waals surface area contributed by atoms with Crippen LogP contribution in [0.15, 0.2) is 0 Å². The highest BCUT2D eigenvalue weighted by Gasteiger charge is 2.27. The maximum atomic E-state index is 5.92. The van der Waals surface area contributed by atoms with E-state index in [-0.39, 0.29) is 0 Å². The first-order chi connectivity index (χ1) is 7.19. The van der Waals surface area contributed by atoms with Gasteiger partial charge in [-0.15, -0.1) is 0 Å². The van der Waals surface area contributed by atoms with Gasteiger partial charge in [-0.05, 0) is 36.8 Å². The third kappa shape index (κ3) is 3.97. The SMILES string of the molecule is CCC(C)CN(C)C(CN)C1CCSC1. The van der Waals surface area contributed by atoms with Gasteiger partial charge in [0, 0.05) is 19.1 Å². The molecule has 1 rings (SSSR count). The van der Waals surface area contributed by atoms with Crippen molar-refractivity contribution in [2.75, 3.05) is 31.6 Å². The fraction of sp³-hybridized carbons (Fsp3) is 1.00. The molecular formula is C12H26N2S. The minimum Gasteiger partial charge on any atom is -0.329 e. The van der Waals surface area contributed by atoms with E-state index in [1.54, 1.807) is 0 Å². The third-order valence-corrected chi connectivity index (χ3v) is 4.80. The number of nitrogens with zero attached hydrogens (tertiary/aromatic N) is 1. The van der Waals surface area contributed by atoms with Crippen LogP contribution in [0.4, 0.5) is 0 Å². The molecule has 0 spiro atoms. The minimum atomic E-state index is 0.606. The van der Waals surface area contributed by atoms with Gasteiger partial charge in [0.1, 0.15) is 0 Å². The standard InChI is InChI=1S/C12H26N2S/c1-4-10(2)8-14(3)12(7-13)11-5-6-15-9-11/h10-12H,4-9,13H2,1-3H3. The normalized spacial score (nSPS) is 25.8. The van der Waals surface area contributed by atoms with Crippen LogP contribution in [-0.2, 0) is 0 Å².